The summed E-state index contributed by atoms with van der Waals surface area (Å²) in [6, 6.07) is 3.13. The molecular formula is C27H31NO12. The van der Waals surface area contributed by atoms with E-state index in [1.54, 1.807) is 12.1 Å². The van der Waals surface area contributed by atoms with Crippen LogP contribution in [0.25, 0.3) is 0 Å². The number of aliphatic hydroxyl groups is 2. The number of aliphatic hydroxyl groups excluding tert-OH is 1. The number of hydrogen-bond donors (Lipinski definition) is 4. The molecule has 2 heterocycles. The van der Waals surface area contributed by atoms with E-state index in [4.69, 9.17) is 19.3 Å². The van der Waals surface area contributed by atoms with Crippen molar-refractivity contribution in [1.82, 2.24) is 4.90 Å². The number of aromatic hydroxyl groups is 1. The van der Waals surface area contributed by atoms with E-state index in [2.05, 4.69) is 9.64 Å². The lowest BCUT2D eigenvalue weighted by Crippen LogP contribution is -2.74. The molecule has 0 saturated carbocycles. The van der Waals surface area contributed by atoms with Crippen LogP contribution in [0.2, 0.25) is 0 Å². The third kappa shape index (κ3) is 4.11. The predicted octanol–water partition coefficient (Wildman–Crippen LogP) is -0.0879. The molecule has 5 rings (SSSR count). The summed E-state index contributed by atoms with van der Waals surface area (Å²) < 4.78 is 21.2. The molecule has 1 saturated heterocycles. The highest BCUT2D eigenvalue weighted by Crippen LogP contribution is 2.65. The van der Waals surface area contributed by atoms with Crippen LogP contribution in [0.15, 0.2) is 24.0 Å². The number of hydrogen-bond acceptors (Lipinski definition) is 12. The molecular weight excluding hydrogens is 530 g/mol. The fourth-order valence-electron chi connectivity index (χ4n) is 6.47. The molecule has 2 aliphatic heterocycles. The standard InChI is InChI=1S/C27H31NO12/c1-12(23(32)33)37-24(34)13(2)38-25(35)16(30)11-19(31)39-17-6-7-27(36)18-10-14-4-5-15(29)21-20(14)26(27,22(17)40-21)8-9-28(18)3/h4-6,12-13,16,18,22,29-30,36H,7-11H2,1-3H3,(H,32,33)/t12?,13?,16?,18-,22+,26+,27-/m1/s1. The Balaban J connectivity index is 1.30. The van der Waals surface area contributed by atoms with Crippen LogP contribution >= 0.6 is 0 Å². The van der Waals surface area contributed by atoms with Gasteiger partial charge in [0.15, 0.2) is 35.9 Å². The zero-order valence-electron chi connectivity index (χ0n) is 22.2. The number of rotatable bonds is 8. The first-order valence-electron chi connectivity index (χ1n) is 13.0. The lowest BCUT2D eigenvalue weighted by molar-refractivity contribution is -0.179. The second-order valence-corrected chi connectivity index (χ2v) is 10.8. The fraction of sp³-hybridized carbons (Fsp3) is 0.556. The molecule has 0 aromatic heterocycles. The second-order valence-electron chi connectivity index (χ2n) is 10.8. The Bertz CT molecular complexity index is 1310. The van der Waals surface area contributed by atoms with Crippen molar-refractivity contribution in [1.29, 1.82) is 0 Å². The summed E-state index contributed by atoms with van der Waals surface area (Å²) in [5.41, 5.74) is -0.574. The smallest absolute Gasteiger partial charge is 0.347 e. The maximum Gasteiger partial charge on any atom is 0.347 e. The Morgan fingerprint density at radius 3 is 2.55 bits per heavy atom. The SMILES string of the molecule is CC(OC(=O)C(C)OC(=O)C(O)CC(=O)OC1=CC[C@@]2(O)[C@H]3Cc4ccc(O)c5c4[C@@]2(CCN3C)[C@H]1O5)C(=O)O. The first-order chi connectivity index (χ1) is 18.8. The van der Waals surface area contributed by atoms with Crippen LogP contribution in [0.4, 0.5) is 0 Å². The van der Waals surface area contributed by atoms with Crippen molar-refractivity contribution in [2.24, 2.45) is 0 Å². The number of benzene rings is 1. The highest BCUT2D eigenvalue weighted by Gasteiger charge is 2.72. The van der Waals surface area contributed by atoms with Crippen LogP contribution in [-0.2, 0) is 45.2 Å². The van der Waals surface area contributed by atoms with E-state index < -0.39 is 65.7 Å². The molecule has 1 aromatic carbocycles. The third-order valence-corrected chi connectivity index (χ3v) is 8.48. The van der Waals surface area contributed by atoms with Crippen molar-refractivity contribution < 1.29 is 58.6 Å². The average molecular weight is 562 g/mol. The molecule has 2 aliphatic carbocycles. The van der Waals surface area contributed by atoms with Gasteiger partial charge in [0.05, 0.1) is 17.4 Å². The number of carbonyl (C=O) groups is 4. The topological polar surface area (TPSA) is 189 Å². The van der Waals surface area contributed by atoms with Gasteiger partial charge in [0, 0.05) is 18.0 Å². The molecule has 13 nitrogen and oxygen atoms in total. The van der Waals surface area contributed by atoms with Gasteiger partial charge < -0.3 is 44.3 Å². The molecule has 0 radical (unpaired) electrons. The minimum Gasteiger partial charge on any atom is -0.504 e. The first-order valence-corrected chi connectivity index (χ1v) is 13.0. The van der Waals surface area contributed by atoms with E-state index in [0.29, 0.717) is 24.9 Å². The summed E-state index contributed by atoms with van der Waals surface area (Å²) in [6.07, 6.45) is -3.99. The van der Waals surface area contributed by atoms with Gasteiger partial charge in [-0.3, -0.25) is 4.79 Å². The summed E-state index contributed by atoms with van der Waals surface area (Å²) in [5, 5.41) is 41.7. The molecule has 216 valence electrons. The molecule has 40 heavy (non-hydrogen) atoms. The molecule has 1 fully saturated rings. The lowest BCUT2D eigenvalue weighted by atomic mass is 9.50. The van der Waals surface area contributed by atoms with E-state index in [1.165, 1.54) is 0 Å². The van der Waals surface area contributed by atoms with Crippen LogP contribution in [0.5, 0.6) is 11.5 Å². The number of aliphatic carboxylic acids is 1. The Hall–Kier alpha value is -3.68. The largest absolute Gasteiger partial charge is 0.504 e. The van der Waals surface area contributed by atoms with Gasteiger partial charge >= 0.3 is 23.9 Å². The number of likely N-dealkylation sites (N-methyl/N-ethyl adjacent to an activating group) is 1. The van der Waals surface area contributed by atoms with Crippen LogP contribution < -0.4 is 4.74 Å². The number of carbonyl (C=O) groups excluding carboxylic acids is 3. The summed E-state index contributed by atoms with van der Waals surface area (Å²) in [6.45, 7) is 2.89. The summed E-state index contributed by atoms with van der Waals surface area (Å²) in [4.78, 5) is 49.9. The second kappa shape index (κ2) is 9.75. The fourth-order valence-corrected chi connectivity index (χ4v) is 6.47. The number of nitrogens with zero attached hydrogens (tertiary/aromatic N) is 1. The van der Waals surface area contributed by atoms with Crippen LogP contribution in [0, 0.1) is 0 Å². The monoisotopic (exact) mass is 561 g/mol. The van der Waals surface area contributed by atoms with Crippen LogP contribution in [0.1, 0.15) is 44.2 Å². The van der Waals surface area contributed by atoms with Crippen molar-refractivity contribution in [2.45, 2.75) is 81.0 Å². The molecule has 1 spiro atoms. The number of phenols is 1. The van der Waals surface area contributed by atoms with Crippen molar-refractivity contribution in [3.63, 3.8) is 0 Å². The predicted molar refractivity (Wildman–Crippen MR) is 132 cm³/mol. The quantitative estimate of drug-likeness (QED) is 0.244. The van der Waals surface area contributed by atoms with Crippen molar-refractivity contribution in [3.05, 3.63) is 35.1 Å². The van der Waals surface area contributed by atoms with Crippen LogP contribution in [0.3, 0.4) is 0 Å². The van der Waals surface area contributed by atoms with Gasteiger partial charge in [-0.05, 0) is 58.0 Å². The van der Waals surface area contributed by atoms with Gasteiger partial charge in [0.1, 0.15) is 5.76 Å². The van der Waals surface area contributed by atoms with Gasteiger partial charge in [0.2, 0.25) is 0 Å². The Morgan fingerprint density at radius 2 is 1.85 bits per heavy atom. The summed E-state index contributed by atoms with van der Waals surface area (Å²) in [7, 11) is 1.94. The number of carboxylic acids is 1. The molecule has 3 unspecified atom stereocenters. The van der Waals surface area contributed by atoms with Crippen molar-refractivity contribution >= 4 is 23.9 Å². The van der Waals surface area contributed by atoms with Gasteiger partial charge in [0.25, 0.3) is 0 Å². The van der Waals surface area contributed by atoms with Gasteiger partial charge in [-0.2, -0.15) is 0 Å². The Kier molecular flexibility index (Phi) is 6.79. The minimum atomic E-state index is -1.99. The van der Waals surface area contributed by atoms with Crippen molar-refractivity contribution in [3.8, 4) is 11.5 Å². The summed E-state index contributed by atoms with van der Waals surface area (Å²) in [5.74, 6) is -4.57. The number of carboxylic acid groups (broad SMARTS) is 1. The number of likely N-dealkylation sites (tertiary alicyclic amines) is 1. The minimum absolute atomic E-state index is 0.0866. The number of phenolic OH excluding ortho intramolecular Hbond substituents is 1. The van der Waals surface area contributed by atoms with E-state index in [-0.39, 0.29) is 29.7 Å². The number of esters is 3. The Labute approximate surface area is 228 Å². The van der Waals surface area contributed by atoms with Gasteiger partial charge in [-0.15, -0.1) is 0 Å². The van der Waals surface area contributed by atoms with Crippen molar-refractivity contribution in [2.75, 3.05) is 13.6 Å². The molecule has 1 aromatic rings. The van der Waals surface area contributed by atoms with Gasteiger partial charge in [-0.25, -0.2) is 14.4 Å². The highest BCUT2D eigenvalue weighted by atomic mass is 16.6. The van der Waals surface area contributed by atoms with Crippen LogP contribution in [-0.4, -0.2) is 98.9 Å². The molecule has 0 amide bonds. The summed E-state index contributed by atoms with van der Waals surface area (Å²) >= 11 is 0. The number of piperidine rings is 1. The molecule has 4 aliphatic rings. The first kappa shape index (κ1) is 27.9. The zero-order valence-corrected chi connectivity index (χ0v) is 22.2. The molecule has 2 bridgehead atoms. The zero-order chi connectivity index (χ0) is 29.1. The van der Waals surface area contributed by atoms with E-state index >= 15 is 0 Å². The maximum absolute atomic E-state index is 12.8. The van der Waals surface area contributed by atoms with Gasteiger partial charge in [-0.1, -0.05) is 6.07 Å². The average Bonchev–Trinajstić information content (AvgIpc) is 3.25. The normalized spacial score (nSPS) is 30.1. The third-order valence-electron chi connectivity index (χ3n) is 8.48. The van der Waals surface area contributed by atoms with E-state index in [1.807, 2.05) is 13.1 Å². The maximum atomic E-state index is 12.8. The lowest BCUT2D eigenvalue weighted by Gasteiger charge is -2.61. The number of ether oxygens (including phenoxy) is 4. The van der Waals surface area contributed by atoms with E-state index in [9.17, 15) is 34.5 Å². The van der Waals surface area contributed by atoms with E-state index in [0.717, 1.165) is 19.4 Å². The highest BCUT2D eigenvalue weighted by molar-refractivity contribution is 5.85. The molecule has 7 atom stereocenters. The molecule has 13 heteroatoms. The molecule has 4 N–H and O–H groups in total. The Morgan fingerprint density at radius 1 is 1.15 bits per heavy atom.